The molecule has 2 rings (SSSR count). The van der Waals surface area contributed by atoms with Gasteiger partial charge < -0.3 is 14.4 Å². The van der Waals surface area contributed by atoms with Crippen LogP contribution < -0.4 is 0 Å². The van der Waals surface area contributed by atoms with Gasteiger partial charge in [0.05, 0.1) is 12.7 Å². The van der Waals surface area contributed by atoms with Crippen molar-refractivity contribution >= 4 is 18.1 Å². The molecule has 0 aromatic heterocycles. The van der Waals surface area contributed by atoms with E-state index in [1.165, 1.54) is 7.11 Å². The molecule has 1 aliphatic heterocycles. The number of rotatable bonds is 4. The number of piperidine rings is 1. The molecule has 1 heterocycles. The van der Waals surface area contributed by atoms with Crippen molar-refractivity contribution < 1.29 is 19.1 Å². The number of hydrogen-bond acceptors (Lipinski definition) is 4. The summed E-state index contributed by atoms with van der Waals surface area (Å²) in [5, 5.41) is 0. The number of benzene rings is 1. The summed E-state index contributed by atoms with van der Waals surface area (Å²) >= 11 is 0. The second-order valence-corrected chi connectivity index (χ2v) is 7.66. The highest BCUT2D eigenvalue weighted by molar-refractivity contribution is 5.89. The van der Waals surface area contributed by atoms with E-state index >= 15 is 0 Å². The van der Waals surface area contributed by atoms with Crippen LogP contribution in [0.25, 0.3) is 6.08 Å². The van der Waals surface area contributed by atoms with Gasteiger partial charge in [0, 0.05) is 13.1 Å². The van der Waals surface area contributed by atoms with Gasteiger partial charge in [-0.3, -0.25) is 0 Å². The van der Waals surface area contributed by atoms with Crippen LogP contribution in [0.2, 0.25) is 0 Å². The Bertz CT molecular complexity index is 635. The quantitative estimate of drug-likeness (QED) is 0.742. The molecule has 0 aliphatic carbocycles. The molecule has 5 heteroatoms. The second-order valence-electron chi connectivity index (χ2n) is 7.66. The van der Waals surface area contributed by atoms with Crippen LogP contribution in [0.4, 0.5) is 4.79 Å². The van der Waals surface area contributed by atoms with Crippen LogP contribution in [0.5, 0.6) is 0 Å². The van der Waals surface area contributed by atoms with Crippen molar-refractivity contribution in [1.82, 2.24) is 4.90 Å². The highest BCUT2D eigenvalue weighted by Crippen LogP contribution is 2.23. The van der Waals surface area contributed by atoms with Gasteiger partial charge in [-0.2, -0.15) is 0 Å². The maximum atomic E-state index is 12.1. The normalized spacial score (nSPS) is 15.9. The number of hydrogen-bond donors (Lipinski definition) is 0. The molecular weight excluding hydrogens is 330 g/mol. The Morgan fingerprint density at radius 1 is 1.15 bits per heavy atom. The van der Waals surface area contributed by atoms with E-state index in [-0.39, 0.29) is 12.1 Å². The summed E-state index contributed by atoms with van der Waals surface area (Å²) in [6.07, 6.45) is 7.00. The van der Waals surface area contributed by atoms with Crippen molar-refractivity contribution in [3.05, 3.63) is 41.5 Å². The first-order valence-electron chi connectivity index (χ1n) is 9.11. The molecule has 1 amide bonds. The predicted molar refractivity (Wildman–Crippen MR) is 102 cm³/mol. The van der Waals surface area contributed by atoms with E-state index in [1.54, 1.807) is 17.0 Å². The zero-order chi connectivity index (χ0) is 19.2. The summed E-state index contributed by atoms with van der Waals surface area (Å²) in [4.78, 5) is 25.3. The average molecular weight is 359 g/mol. The van der Waals surface area contributed by atoms with E-state index in [2.05, 4.69) is 12.2 Å². The minimum Gasteiger partial charge on any atom is -0.465 e. The third-order valence-corrected chi connectivity index (χ3v) is 4.38. The van der Waals surface area contributed by atoms with Crippen molar-refractivity contribution in [3.8, 4) is 0 Å². The maximum Gasteiger partial charge on any atom is 0.410 e. The molecule has 1 fully saturated rings. The fourth-order valence-corrected chi connectivity index (χ4v) is 2.92. The maximum absolute atomic E-state index is 12.1. The number of likely N-dealkylation sites (tertiary alicyclic amines) is 1. The van der Waals surface area contributed by atoms with Crippen LogP contribution in [0, 0.1) is 5.92 Å². The van der Waals surface area contributed by atoms with Gasteiger partial charge in [0.1, 0.15) is 5.60 Å². The lowest BCUT2D eigenvalue weighted by Gasteiger charge is -2.33. The zero-order valence-electron chi connectivity index (χ0n) is 16.2. The molecule has 0 saturated carbocycles. The monoisotopic (exact) mass is 359 g/mol. The van der Waals surface area contributed by atoms with E-state index in [0.29, 0.717) is 11.5 Å². The van der Waals surface area contributed by atoms with Crippen molar-refractivity contribution in [2.75, 3.05) is 20.2 Å². The Hall–Kier alpha value is -2.30. The molecule has 5 nitrogen and oxygen atoms in total. The number of ether oxygens (including phenoxy) is 2. The molecule has 0 radical (unpaired) electrons. The summed E-state index contributed by atoms with van der Waals surface area (Å²) in [5.74, 6) is 0.261. The number of carbonyl (C=O) groups is 2. The Morgan fingerprint density at radius 3 is 2.31 bits per heavy atom. The lowest BCUT2D eigenvalue weighted by molar-refractivity contribution is 0.0185. The Morgan fingerprint density at radius 2 is 1.77 bits per heavy atom. The SMILES string of the molecule is COC(=O)c1ccc(/C=C/CC2CCN(C(=O)OC(C)(C)C)CC2)cc1. The zero-order valence-corrected chi connectivity index (χ0v) is 16.2. The van der Waals surface area contributed by atoms with Gasteiger partial charge in [-0.05, 0) is 63.6 Å². The Balaban J connectivity index is 1.77. The van der Waals surface area contributed by atoms with Crippen LogP contribution in [0.15, 0.2) is 30.3 Å². The Labute approximate surface area is 156 Å². The lowest BCUT2D eigenvalue weighted by Crippen LogP contribution is -2.41. The van der Waals surface area contributed by atoms with Gasteiger partial charge >= 0.3 is 12.1 Å². The number of allylic oxidation sites excluding steroid dienone is 1. The smallest absolute Gasteiger partial charge is 0.410 e. The van der Waals surface area contributed by atoms with Gasteiger partial charge in [0.15, 0.2) is 0 Å². The van der Waals surface area contributed by atoms with Crippen LogP contribution in [-0.4, -0.2) is 42.8 Å². The average Bonchev–Trinajstić information content (AvgIpc) is 2.61. The van der Waals surface area contributed by atoms with Gasteiger partial charge in [-0.15, -0.1) is 0 Å². The topological polar surface area (TPSA) is 55.8 Å². The van der Waals surface area contributed by atoms with Gasteiger partial charge in [0.2, 0.25) is 0 Å². The minimum atomic E-state index is -0.444. The highest BCUT2D eigenvalue weighted by Gasteiger charge is 2.26. The molecule has 26 heavy (non-hydrogen) atoms. The second kappa shape index (κ2) is 8.88. The van der Waals surface area contributed by atoms with Crippen LogP contribution in [0.1, 0.15) is 56.0 Å². The van der Waals surface area contributed by atoms with Crippen molar-refractivity contribution in [1.29, 1.82) is 0 Å². The van der Waals surface area contributed by atoms with Crippen LogP contribution >= 0.6 is 0 Å². The van der Waals surface area contributed by atoms with E-state index < -0.39 is 5.60 Å². The first-order valence-corrected chi connectivity index (χ1v) is 9.11. The lowest BCUT2D eigenvalue weighted by atomic mass is 9.93. The number of amides is 1. The standard InChI is InChI=1S/C21H29NO4/c1-21(2,3)26-20(24)22-14-12-17(13-15-22)7-5-6-16-8-10-18(11-9-16)19(23)25-4/h5-6,8-11,17H,7,12-15H2,1-4H3/b6-5+. The number of nitrogens with zero attached hydrogens (tertiary/aromatic N) is 1. The summed E-state index contributed by atoms with van der Waals surface area (Å²) in [6.45, 7) is 7.17. The van der Waals surface area contributed by atoms with Gasteiger partial charge in [-0.25, -0.2) is 9.59 Å². The Kier molecular flexibility index (Phi) is 6.83. The molecule has 1 aliphatic rings. The van der Waals surface area contributed by atoms with Crippen LogP contribution in [-0.2, 0) is 9.47 Å². The number of esters is 1. The van der Waals surface area contributed by atoms with Crippen LogP contribution in [0.3, 0.4) is 0 Å². The molecular formula is C21H29NO4. The van der Waals surface area contributed by atoms with Crippen molar-refractivity contribution in [2.45, 2.75) is 45.6 Å². The largest absolute Gasteiger partial charge is 0.465 e. The molecule has 1 aromatic rings. The van der Waals surface area contributed by atoms with Crippen molar-refractivity contribution in [3.63, 3.8) is 0 Å². The predicted octanol–water partition coefficient (Wildman–Crippen LogP) is 4.52. The molecule has 0 spiro atoms. The highest BCUT2D eigenvalue weighted by atomic mass is 16.6. The third kappa shape index (κ3) is 6.21. The minimum absolute atomic E-state index is 0.211. The van der Waals surface area contributed by atoms with Crippen molar-refractivity contribution in [2.24, 2.45) is 5.92 Å². The molecule has 1 aromatic carbocycles. The molecule has 0 atom stereocenters. The molecule has 0 bridgehead atoms. The fraction of sp³-hybridized carbons (Fsp3) is 0.524. The summed E-state index contributed by atoms with van der Waals surface area (Å²) in [7, 11) is 1.38. The fourth-order valence-electron chi connectivity index (χ4n) is 2.92. The summed E-state index contributed by atoms with van der Waals surface area (Å²) < 4.78 is 10.1. The number of carbonyl (C=O) groups excluding carboxylic acids is 2. The van der Waals surface area contributed by atoms with Gasteiger partial charge in [-0.1, -0.05) is 24.3 Å². The first-order chi connectivity index (χ1) is 12.3. The van der Waals surface area contributed by atoms with E-state index in [1.807, 2.05) is 32.9 Å². The number of methoxy groups -OCH3 is 1. The third-order valence-electron chi connectivity index (χ3n) is 4.38. The molecule has 0 unspecified atom stereocenters. The summed E-state index contributed by atoms with van der Waals surface area (Å²) in [6, 6.07) is 7.36. The summed E-state index contributed by atoms with van der Waals surface area (Å²) in [5.41, 5.74) is 1.17. The van der Waals surface area contributed by atoms with E-state index in [4.69, 9.17) is 9.47 Å². The first kappa shape index (κ1) is 20.0. The molecule has 1 saturated heterocycles. The van der Waals surface area contributed by atoms with E-state index in [9.17, 15) is 9.59 Å². The molecule has 0 N–H and O–H groups in total. The van der Waals surface area contributed by atoms with E-state index in [0.717, 1.165) is 37.9 Å². The van der Waals surface area contributed by atoms with Gasteiger partial charge in [0.25, 0.3) is 0 Å². The molecule has 142 valence electrons.